The first kappa shape index (κ1) is 20.2. The van der Waals surface area contributed by atoms with Gasteiger partial charge >= 0.3 is 0 Å². The van der Waals surface area contributed by atoms with Crippen molar-refractivity contribution < 1.29 is 4.42 Å². The molecule has 182 valence electrons. The normalized spacial score (nSPS) is 12.1. The summed E-state index contributed by atoms with van der Waals surface area (Å²) in [5.74, 6) is 0.404. The van der Waals surface area contributed by atoms with Crippen LogP contribution in [0.3, 0.4) is 0 Å². The molecule has 0 aromatic carbocycles. The average molecular weight is 507 g/mol. The minimum absolute atomic E-state index is 0.404. The summed E-state index contributed by atoms with van der Waals surface area (Å²) < 4.78 is 9.70. The number of hydrogen-bond acceptors (Lipinski definition) is 10. The van der Waals surface area contributed by atoms with E-state index in [1.54, 1.807) is 62.0 Å². The number of hydrogen-bond donors (Lipinski definition) is 0. The number of furan rings is 1. The Morgan fingerprint density at radius 3 is 2.51 bits per heavy atom. The van der Waals surface area contributed by atoms with E-state index in [4.69, 9.17) is 14.4 Å². The Labute approximate surface area is 216 Å². The molecule has 0 N–H and O–H groups in total. The molecule has 0 saturated carbocycles. The molecule has 12 heteroatoms. The topological polar surface area (TPSA) is 139 Å². The number of fused-ring (bicyclic) bond motifs is 9. The van der Waals surface area contributed by atoms with Crippen LogP contribution >= 0.6 is 0 Å². The predicted octanol–water partition coefficient (Wildman–Crippen LogP) is 4.34. The van der Waals surface area contributed by atoms with Gasteiger partial charge in [-0.2, -0.15) is 0 Å². The lowest BCUT2D eigenvalue weighted by Gasteiger charge is -2.07. The van der Waals surface area contributed by atoms with Gasteiger partial charge in [0.1, 0.15) is 34.1 Å². The first-order valence-electron chi connectivity index (χ1n) is 12.0. The summed E-state index contributed by atoms with van der Waals surface area (Å²) in [6.07, 6.45) is 15.2. The molecule has 0 spiro atoms. The van der Waals surface area contributed by atoms with Crippen molar-refractivity contribution in [3.8, 4) is 11.6 Å². The molecule has 9 aromatic heterocycles. The van der Waals surface area contributed by atoms with Gasteiger partial charge in [-0.3, -0.25) is 14.5 Å². The molecular formula is C27H13N11O. The van der Waals surface area contributed by atoms with E-state index >= 15 is 0 Å². The van der Waals surface area contributed by atoms with Gasteiger partial charge in [0.25, 0.3) is 0 Å². The van der Waals surface area contributed by atoms with Crippen molar-refractivity contribution in [2.75, 3.05) is 0 Å². The molecule has 0 bridgehead atoms. The Kier molecular flexibility index (Phi) is 3.79. The molecule has 0 amide bonds. The lowest BCUT2D eigenvalue weighted by atomic mass is 10.3. The predicted molar refractivity (Wildman–Crippen MR) is 143 cm³/mol. The molecule has 9 aromatic rings. The molecule has 0 saturated heterocycles. The highest BCUT2D eigenvalue weighted by Crippen LogP contribution is 2.33. The second-order valence-electron chi connectivity index (χ2n) is 8.95. The molecule has 9 rings (SSSR count). The van der Waals surface area contributed by atoms with Crippen molar-refractivity contribution in [2.24, 2.45) is 0 Å². The summed E-state index contributed by atoms with van der Waals surface area (Å²) >= 11 is 0. The van der Waals surface area contributed by atoms with Crippen LogP contribution in [0.25, 0.3) is 78.0 Å². The number of nitrogens with zero attached hydrogens (tertiary/aromatic N) is 11. The molecule has 0 unspecified atom stereocenters. The molecule has 0 aliphatic rings. The minimum Gasteiger partial charge on any atom is -0.453 e. The maximum Gasteiger partial charge on any atom is 0.237 e. The zero-order chi connectivity index (χ0) is 25.5. The summed E-state index contributed by atoms with van der Waals surface area (Å²) in [4.78, 5) is 41.2. The molecule has 39 heavy (non-hydrogen) atoms. The van der Waals surface area contributed by atoms with Crippen LogP contribution in [0.4, 0.5) is 0 Å². The van der Waals surface area contributed by atoms with Crippen molar-refractivity contribution in [2.45, 2.75) is 0 Å². The zero-order valence-electron chi connectivity index (χ0n) is 19.8. The van der Waals surface area contributed by atoms with Crippen LogP contribution in [0, 0.1) is 0 Å². The van der Waals surface area contributed by atoms with Crippen molar-refractivity contribution >= 4 is 66.3 Å². The molecule has 0 radical (unpaired) electrons. The van der Waals surface area contributed by atoms with E-state index in [1.165, 1.54) is 0 Å². The van der Waals surface area contributed by atoms with Crippen LogP contribution in [-0.2, 0) is 0 Å². The number of pyridine rings is 3. The molecular weight excluding hydrogens is 494 g/mol. The van der Waals surface area contributed by atoms with Crippen molar-refractivity contribution in [1.82, 2.24) is 54.0 Å². The van der Waals surface area contributed by atoms with Crippen LogP contribution < -0.4 is 0 Å². The van der Waals surface area contributed by atoms with Gasteiger partial charge < -0.3 is 4.42 Å². The van der Waals surface area contributed by atoms with Crippen LogP contribution in [0.15, 0.2) is 84.6 Å². The minimum atomic E-state index is 0.404. The van der Waals surface area contributed by atoms with Crippen molar-refractivity contribution in [1.29, 1.82) is 0 Å². The fraction of sp³-hybridized carbons (Fsp3) is 0. The van der Waals surface area contributed by atoms with Gasteiger partial charge in [-0.25, -0.2) is 39.5 Å². The Morgan fingerprint density at radius 1 is 0.590 bits per heavy atom. The highest BCUT2D eigenvalue weighted by atomic mass is 16.3. The van der Waals surface area contributed by atoms with Crippen LogP contribution in [0.5, 0.6) is 0 Å². The first-order valence-corrected chi connectivity index (χ1v) is 12.0. The van der Waals surface area contributed by atoms with Crippen LogP contribution in [-0.4, -0.2) is 54.0 Å². The van der Waals surface area contributed by atoms with Gasteiger partial charge in [-0.1, -0.05) is 0 Å². The van der Waals surface area contributed by atoms with Crippen molar-refractivity contribution in [3.63, 3.8) is 0 Å². The Bertz CT molecular complexity index is 2370. The Hall–Kier alpha value is -5.91. The standard InChI is InChI=1S/C27H13N11O/c1-2-15-21-18(11-29-13-35-21)37(24(15)31-4-1)14-8-16-23-26(32-7-6-30-23)38(25(16)33-9-14)27-34-12-20-22(36-27)17-10-28-5-3-19(17)39-20/h1-13H. The molecule has 12 nitrogen and oxygen atoms in total. The molecule has 0 fully saturated rings. The maximum atomic E-state index is 5.89. The molecule has 0 aliphatic heterocycles. The highest BCUT2D eigenvalue weighted by molar-refractivity contribution is 6.07. The lowest BCUT2D eigenvalue weighted by Crippen LogP contribution is -2.03. The summed E-state index contributed by atoms with van der Waals surface area (Å²) in [6.45, 7) is 0. The van der Waals surface area contributed by atoms with Gasteiger partial charge in [0.15, 0.2) is 16.9 Å². The number of rotatable bonds is 2. The first-order chi connectivity index (χ1) is 19.3. The quantitative estimate of drug-likeness (QED) is 0.332. The second-order valence-corrected chi connectivity index (χ2v) is 8.95. The third kappa shape index (κ3) is 2.68. The van der Waals surface area contributed by atoms with Gasteiger partial charge in [0, 0.05) is 41.8 Å². The third-order valence-electron chi connectivity index (χ3n) is 6.85. The molecule has 9 heterocycles. The van der Waals surface area contributed by atoms with E-state index in [0.29, 0.717) is 39.4 Å². The fourth-order valence-corrected chi connectivity index (χ4v) is 5.23. The van der Waals surface area contributed by atoms with E-state index in [9.17, 15) is 0 Å². The fourth-order valence-electron chi connectivity index (χ4n) is 5.23. The zero-order valence-corrected chi connectivity index (χ0v) is 19.8. The summed E-state index contributed by atoms with van der Waals surface area (Å²) in [5, 5.41) is 2.53. The van der Waals surface area contributed by atoms with Crippen LogP contribution in [0.2, 0.25) is 0 Å². The van der Waals surface area contributed by atoms with Gasteiger partial charge in [-0.05, 0) is 24.3 Å². The van der Waals surface area contributed by atoms with Gasteiger partial charge in [0.05, 0.1) is 35.2 Å². The maximum absolute atomic E-state index is 5.89. The number of aromatic nitrogens is 11. The third-order valence-corrected chi connectivity index (χ3v) is 6.85. The average Bonchev–Trinajstić information content (AvgIpc) is 3.64. The van der Waals surface area contributed by atoms with Gasteiger partial charge in [0.2, 0.25) is 5.95 Å². The molecule has 0 atom stereocenters. The van der Waals surface area contributed by atoms with E-state index < -0.39 is 0 Å². The SMILES string of the molecule is c1cnc2c(c1)c1ncncc1n2-c1cnc2c(c1)c1nccnc1n2-c1ncc2oc3ccncc3c2n1. The van der Waals surface area contributed by atoms with E-state index in [-0.39, 0.29) is 0 Å². The van der Waals surface area contributed by atoms with Crippen LogP contribution in [0.1, 0.15) is 0 Å². The Balaban J connectivity index is 1.34. The van der Waals surface area contributed by atoms with Crippen molar-refractivity contribution in [3.05, 3.63) is 80.2 Å². The lowest BCUT2D eigenvalue weighted by molar-refractivity contribution is 0.664. The summed E-state index contributed by atoms with van der Waals surface area (Å²) in [6, 6.07) is 7.72. The molecule has 0 aliphatic carbocycles. The highest BCUT2D eigenvalue weighted by Gasteiger charge is 2.21. The van der Waals surface area contributed by atoms with E-state index in [1.807, 2.05) is 27.3 Å². The summed E-state index contributed by atoms with van der Waals surface area (Å²) in [7, 11) is 0. The monoisotopic (exact) mass is 507 g/mol. The van der Waals surface area contributed by atoms with E-state index in [0.717, 1.165) is 38.5 Å². The smallest absolute Gasteiger partial charge is 0.237 e. The van der Waals surface area contributed by atoms with E-state index in [2.05, 4.69) is 34.9 Å². The van der Waals surface area contributed by atoms with Gasteiger partial charge in [-0.15, -0.1) is 0 Å². The largest absolute Gasteiger partial charge is 0.453 e. The Morgan fingerprint density at radius 2 is 1.51 bits per heavy atom. The summed E-state index contributed by atoms with van der Waals surface area (Å²) in [5.41, 5.74) is 7.02. The second kappa shape index (κ2) is 7.32.